The Morgan fingerprint density at radius 1 is 1.44 bits per heavy atom. The van der Waals surface area contributed by atoms with E-state index < -0.39 is 0 Å². The van der Waals surface area contributed by atoms with Gasteiger partial charge in [0.2, 0.25) is 5.95 Å². The number of hydrogen-bond acceptors (Lipinski definition) is 3. The summed E-state index contributed by atoms with van der Waals surface area (Å²) in [6.45, 7) is 5.13. The molecular weight excluding hydrogens is 202 g/mol. The Morgan fingerprint density at radius 3 is 2.88 bits per heavy atom. The smallest absolute Gasteiger partial charge is 0.208 e. The SMILES string of the molecule is CCCn1cc(C)nc1Nc1ccnn1C. The summed E-state index contributed by atoms with van der Waals surface area (Å²) in [6, 6.07) is 1.93. The van der Waals surface area contributed by atoms with Crippen molar-refractivity contribution < 1.29 is 0 Å². The first-order valence-corrected chi connectivity index (χ1v) is 5.49. The van der Waals surface area contributed by atoms with Gasteiger partial charge in [-0.15, -0.1) is 0 Å². The number of aryl methyl sites for hydroxylation is 3. The maximum absolute atomic E-state index is 4.46. The minimum atomic E-state index is 0.878. The largest absolute Gasteiger partial charge is 0.317 e. The fourth-order valence-corrected chi connectivity index (χ4v) is 1.67. The third-order valence-electron chi connectivity index (χ3n) is 2.42. The fraction of sp³-hybridized carbons (Fsp3) is 0.455. The monoisotopic (exact) mass is 219 g/mol. The zero-order chi connectivity index (χ0) is 11.5. The van der Waals surface area contributed by atoms with E-state index in [0.717, 1.165) is 30.4 Å². The quantitative estimate of drug-likeness (QED) is 0.856. The highest BCUT2D eigenvalue weighted by molar-refractivity contribution is 5.48. The molecule has 0 bridgehead atoms. The molecule has 86 valence electrons. The highest BCUT2D eigenvalue weighted by atomic mass is 15.3. The molecule has 0 unspecified atom stereocenters. The molecule has 2 heterocycles. The minimum Gasteiger partial charge on any atom is -0.317 e. The maximum Gasteiger partial charge on any atom is 0.208 e. The van der Waals surface area contributed by atoms with Gasteiger partial charge in [-0.3, -0.25) is 4.68 Å². The lowest BCUT2D eigenvalue weighted by Gasteiger charge is -2.08. The van der Waals surface area contributed by atoms with Gasteiger partial charge in [0.1, 0.15) is 5.82 Å². The number of anilines is 2. The summed E-state index contributed by atoms with van der Waals surface area (Å²) in [5.74, 6) is 1.82. The van der Waals surface area contributed by atoms with Crippen LogP contribution in [0, 0.1) is 6.92 Å². The summed E-state index contributed by atoms with van der Waals surface area (Å²) < 4.78 is 3.92. The van der Waals surface area contributed by atoms with Crippen LogP contribution in [0.3, 0.4) is 0 Å². The average Bonchev–Trinajstić information content (AvgIpc) is 2.77. The first-order chi connectivity index (χ1) is 7.70. The van der Waals surface area contributed by atoms with Crippen molar-refractivity contribution in [2.24, 2.45) is 7.05 Å². The molecule has 16 heavy (non-hydrogen) atoms. The molecule has 2 aromatic rings. The Balaban J connectivity index is 2.23. The van der Waals surface area contributed by atoms with Gasteiger partial charge in [0.25, 0.3) is 0 Å². The lowest BCUT2D eigenvalue weighted by Crippen LogP contribution is -2.05. The molecule has 0 aliphatic rings. The topological polar surface area (TPSA) is 47.7 Å². The van der Waals surface area contributed by atoms with Gasteiger partial charge in [0.05, 0.1) is 11.9 Å². The molecule has 2 aromatic heterocycles. The van der Waals surface area contributed by atoms with E-state index in [4.69, 9.17) is 0 Å². The van der Waals surface area contributed by atoms with Gasteiger partial charge in [0.15, 0.2) is 0 Å². The van der Waals surface area contributed by atoms with Gasteiger partial charge in [-0.2, -0.15) is 5.10 Å². The van der Waals surface area contributed by atoms with Crippen molar-refractivity contribution in [2.75, 3.05) is 5.32 Å². The van der Waals surface area contributed by atoms with Crippen molar-refractivity contribution in [1.29, 1.82) is 0 Å². The molecule has 2 rings (SSSR count). The molecule has 0 fully saturated rings. The van der Waals surface area contributed by atoms with Gasteiger partial charge in [0, 0.05) is 25.9 Å². The van der Waals surface area contributed by atoms with E-state index >= 15 is 0 Å². The van der Waals surface area contributed by atoms with Crippen molar-refractivity contribution in [3.63, 3.8) is 0 Å². The summed E-state index contributed by atoms with van der Waals surface area (Å²) >= 11 is 0. The predicted octanol–water partition coefficient (Wildman–Crippen LogP) is 2.08. The number of rotatable bonds is 4. The zero-order valence-corrected chi connectivity index (χ0v) is 9.94. The molecule has 0 saturated carbocycles. The highest BCUT2D eigenvalue weighted by Gasteiger charge is 2.06. The lowest BCUT2D eigenvalue weighted by atomic mass is 10.5. The van der Waals surface area contributed by atoms with Crippen LogP contribution in [-0.2, 0) is 13.6 Å². The molecule has 5 heteroatoms. The fourth-order valence-electron chi connectivity index (χ4n) is 1.67. The molecule has 0 saturated heterocycles. The second kappa shape index (κ2) is 4.38. The van der Waals surface area contributed by atoms with Crippen molar-refractivity contribution in [3.05, 3.63) is 24.2 Å². The third-order valence-corrected chi connectivity index (χ3v) is 2.42. The predicted molar refractivity (Wildman–Crippen MR) is 63.7 cm³/mol. The van der Waals surface area contributed by atoms with E-state index in [-0.39, 0.29) is 0 Å². The second-order valence-electron chi connectivity index (χ2n) is 3.86. The van der Waals surface area contributed by atoms with E-state index in [2.05, 4.69) is 33.1 Å². The second-order valence-corrected chi connectivity index (χ2v) is 3.86. The number of nitrogens with zero attached hydrogens (tertiary/aromatic N) is 4. The van der Waals surface area contributed by atoms with Gasteiger partial charge < -0.3 is 9.88 Å². The van der Waals surface area contributed by atoms with Crippen LogP contribution in [0.5, 0.6) is 0 Å². The Bertz CT molecular complexity index is 468. The lowest BCUT2D eigenvalue weighted by molar-refractivity contribution is 0.683. The van der Waals surface area contributed by atoms with Crippen LogP contribution in [0.25, 0.3) is 0 Å². The van der Waals surface area contributed by atoms with Crippen LogP contribution in [0.1, 0.15) is 19.0 Å². The van der Waals surface area contributed by atoms with E-state index in [1.807, 2.05) is 20.0 Å². The first kappa shape index (κ1) is 10.7. The van der Waals surface area contributed by atoms with E-state index in [1.54, 1.807) is 10.9 Å². The van der Waals surface area contributed by atoms with Crippen molar-refractivity contribution in [3.8, 4) is 0 Å². The summed E-state index contributed by atoms with van der Waals surface area (Å²) in [7, 11) is 1.91. The molecule has 0 amide bonds. The molecule has 5 nitrogen and oxygen atoms in total. The minimum absolute atomic E-state index is 0.878. The van der Waals surface area contributed by atoms with Crippen LogP contribution < -0.4 is 5.32 Å². The molecule has 0 spiro atoms. The van der Waals surface area contributed by atoms with Crippen LogP contribution in [-0.4, -0.2) is 19.3 Å². The Kier molecular flexibility index (Phi) is 2.94. The maximum atomic E-state index is 4.46. The Morgan fingerprint density at radius 2 is 2.25 bits per heavy atom. The summed E-state index contributed by atoms with van der Waals surface area (Å²) in [5, 5.41) is 7.39. The van der Waals surface area contributed by atoms with E-state index in [1.165, 1.54) is 0 Å². The summed E-state index contributed by atoms with van der Waals surface area (Å²) in [6.07, 6.45) is 4.92. The summed E-state index contributed by atoms with van der Waals surface area (Å²) in [5.41, 5.74) is 1.03. The molecule has 0 aliphatic carbocycles. The Hall–Kier alpha value is -1.78. The van der Waals surface area contributed by atoms with Gasteiger partial charge in [-0.25, -0.2) is 4.98 Å². The van der Waals surface area contributed by atoms with Crippen LogP contribution in [0.4, 0.5) is 11.8 Å². The molecule has 0 aromatic carbocycles. The van der Waals surface area contributed by atoms with Crippen molar-refractivity contribution in [1.82, 2.24) is 19.3 Å². The number of imidazole rings is 1. The van der Waals surface area contributed by atoms with E-state index in [0.29, 0.717) is 0 Å². The normalized spacial score (nSPS) is 10.7. The van der Waals surface area contributed by atoms with Crippen molar-refractivity contribution in [2.45, 2.75) is 26.8 Å². The number of aromatic nitrogens is 4. The zero-order valence-electron chi connectivity index (χ0n) is 9.94. The first-order valence-electron chi connectivity index (χ1n) is 5.49. The van der Waals surface area contributed by atoms with Gasteiger partial charge >= 0.3 is 0 Å². The van der Waals surface area contributed by atoms with Crippen LogP contribution in [0.15, 0.2) is 18.5 Å². The van der Waals surface area contributed by atoms with Crippen LogP contribution >= 0.6 is 0 Å². The van der Waals surface area contributed by atoms with Gasteiger partial charge in [-0.05, 0) is 13.3 Å². The average molecular weight is 219 g/mol. The molecular formula is C11H17N5. The van der Waals surface area contributed by atoms with Gasteiger partial charge in [-0.1, -0.05) is 6.92 Å². The highest BCUT2D eigenvalue weighted by Crippen LogP contribution is 2.15. The Labute approximate surface area is 95.1 Å². The van der Waals surface area contributed by atoms with Crippen LogP contribution in [0.2, 0.25) is 0 Å². The van der Waals surface area contributed by atoms with E-state index in [9.17, 15) is 0 Å². The number of nitrogens with one attached hydrogen (secondary N) is 1. The standard InChI is InChI=1S/C11H17N5/c1-4-7-16-8-9(2)13-11(16)14-10-5-6-12-15(10)3/h5-6,8H,4,7H2,1-3H3,(H,13,14). The number of hydrogen-bond donors (Lipinski definition) is 1. The molecule has 0 aliphatic heterocycles. The van der Waals surface area contributed by atoms with Crippen molar-refractivity contribution >= 4 is 11.8 Å². The molecule has 1 N–H and O–H groups in total. The third kappa shape index (κ3) is 2.08. The molecule has 0 radical (unpaired) electrons. The summed E-state index contributed by atoms with van der Waals surface area (Å²) in [4.78, 5) is 4.46. The molecule has 0 atom stereocenters.